The Morgan fingerprint density at radius 3 is 2.55 bits per heavy atom. The van der Waals surface area contributed by atoms with Gasteiger partial charge in [-0.15, -0.1) is 11.3 Å². The van der Waals surface area contributed by atoms with E-state index in [0.29, 0.717) is 29.1 Å². The molecule has 0 unspecified atom stereocenters. The van der Waals surface area contributed by atoms with Crippen molar-refractivity contribution in [3.63, 3.8) is 0 Å². The maximum absolute atomic E-state index is 5.48. The lowest BCUT2D eigenvalue weighted by Crippen LogP contribution is -2.28. The number of nitrogens with one attached hydrogen (secondary N) is 1. The number of aromatic nitrogens is 4. The minimum absolute atomic E-state index is 0.439. The summed E-state index contributed by atoms with van der Waals surface area (Å²) in [6, 6.07) is 6.23. The van der Waals surface area contributed by atoms with Gasteiger partial charge in [-0.1, -0.05) is 0 Å². The molecule has 0 spiro atoms. The third-order valence-corrected chi connectivity index (χ3v) is 6.71. The molecule has 1 aliphatic rings. The van der Waals surface area contributed by atoms with Gasteiger partial charge in [0.1, 0.15) is 22.8 Å². The van der Waals surface area contributed by atoms with Crippen molar-refractivity contribution >= 4 is 39.1 Å². The van der Waals surface area contributed by atoms with Crippen LogP contribution < -0.4 is 24.4 Å². The molecule has 4 aromatic rings. The second kappa shape index (κ2) is 8.78. The molecule has 5 rings (SSSR count). The molecular formula is C23H26N6O3S. The van der Waals surface area contributed by atoms with Gasteiger partial charge in [0.2, 0.25) is 11.7 Å². The fraction of sp³-hybridized carbons (Fsp3) is 0.348. The zero-order valence-corrected chi connectivity index (χ0v) is 19.8. The van der Waals surface area contributed by atoms with Crippen molar-refractivity contribution in [3.05, 3.63) is 36.1 Å². The largest absolute Gasteiger partial charge is 0.493 e. The number of ether oxygens (including phenoxy) is 3. The van der Waals surface area contributed by atoms with Crippen molar-refractivity contribution in [2.24, 2.45) is 0 Å². The minimum atomic E-state index is 0.439. The number of fused-ring (bicyclic) bond motifs is 1. The van der Waals surface area contributed by atoms with Crippen LogP contribution in [0.25, 0.3) is 15.9 Å². The zero-order valence-electron chi connectivity index (χ0n) is 19.0. The summed E-state index contributed by atoms with van der Waals surface area (Å²) < 4.78 is 18.3. The summed E-state index contributed by atoms with van der Waals surface area (Å²) in [5.74, 6) is 3.90. The van der Waals surface area contributed by atoms with E-state index in [-0.39, 0.29) is 0 Å². The van der Waals surface area contributed by atoms with Crippen molar-refractivity contribution in [1.29, 1.82) is 0 Å². The van der Waals surface area contributed by atoms with Crippen LogP contribution in [-0.2, 0) is 0 Å². The third-order valence-electron chi connectivity index (χ3n) is 5.90. The number of thiophene rings is 1. The van der Waals surface area contributed by atoms with Crippen LogP contribution in [0.4, 0.5) is 17.6 Å². The first kappa shape index (κ1) is 21.3. The first-order valence-electron chi connectivity index (χ1n) is 10.7. The molecule has 1 atom stereocenters. The number of anilines is 3. The van der Waals surface area contributed by atoms with E-state index in [1.54, 1.807) is 39.0 Å². The predicted molar refractivity (Wildman–Crippen MR) is 130 cm³/mol. The molecule has 1 aliphatic heterocycles. The van der Waals surface area contributed by atoms with Gasteiger partial charge in [-0.05, 0) is 31.2 Å². The summed E-state index contributed by atoms with van der Waals surface area (Å²) in [6.07, 6.45) is 5.96. The Morgan fingerprint density at radius 1 is 1.09 bits per heavy atom. The summed E-state index contributed by atoms with van der Waals surface area (Å²) in [4.78, 5) is 17.5. The summed E-state index contributed by atoms with van der Waals surface area (Å²) in [7, 11) is 4.79. The molecule has 0 saturated carbocycles. The topological polar surface area (TPSA) is 86.6 Å². The monoisotopic (exact) mass is 466 g/mol. The van der Waals surface area contributed by atoms with E-state index in [1.165, 1.54) is 0 Å². The number of hydrogen-bond acceptors (Lipinski definition) is 9. The second-order valence-electron chi connectivity index (χ2n) is 7.87. The highest BCUT2D eigenvalue weighted by molar-refractivity contribution is 7.16. The average Bonchev–Trinajstić information content (AvgIpc) is 3.58. The summed E-state index contributed by atoms with van der Waals surface area (Å²) in [5, 5.41) is 6.41. The number of methoxy groups -OCH3 is 3. The van der Waals surface area contributed by atoms with E-state index in [9.17, 15) is 0 Å². The van der Waals surface area contributed by atoms with Crippen molar-refractivity contribution < 1.29 is 14.2 Å². The molecule has 0 radical (unpaired) electrons. The average molecular weight is 467 g/mol. The van der Waals surface area contributed by atoms with Crippen molar-refractivity contribution in [1.82, 2.24) is 19.5 Å². The molecule has 1 saturated heterocycles. The van der Waals surface area contributed by atoms with E-state index in [1.807, 2.05) is 34.3 Å². The van der Waals surface area contributed by atoms with E-state index >= 15 is 0 Å². The maximum Gasteiger partial charge on any atom is 0.228 e. The van der Waals surface area contributed by atoms with E-state index in [0.717, 1.165) is 47.1 Å². The van der Waals surface area contributed by atoms with Gasteiger partial charge in [-0.25, -0.2) is 9.97 Å². The number of hydrogen-bond donors (Lipinski definition) is 1. The fourth-order valence-corrected chi connectivity index (χ4v) is 4.92. The molecule has 1 N–H and O–H groups in total. The molecule has 4 heterocycles. The second-order valence-corrected chi connectivity index (χ2v) is 8.77. The number of benzene rings is 1. The normalized spacial score (nSPS) is 15.8. The van der Waals surface area contributed by atoms with Crippen molar-refractivity contribution in [3.8, 4) is 22.9 Å². The van der Waals surface area contributed by atoms with Crippen LogP contribution >= 0.6 is 11.3 Å². The molecule has 3 aromatic heterocycles. The summed E-state index contributed by atoms with van der Waals surface area (Å²) in [5.41, 5.74) is 0.833. The Morgan fingerprint density at radius 2 is 1.88 bits per heavy atom. The third kappa shape index (κ3) is 3.91. The van der Waals surface area contributed by atoms with Crippen LogP contribution in [0, 0.1) is 0 Å². The molecule has 33 heavy (non-hydrogen) atoms. The Bertz CT molecular complexity index is 1260. The Balaban J connectivity index is 1.48. The first-order valence-corrected chi connectivity index (χ1v) is 11.6. The molecule has 0 bridgehead atoms. The van der Waals surface area contributed by atoms with Crippen LogP contribution in [0.1, 0.15) is 19.8 Å². The van der Waals surface area contributed by atoms with Gasteiger partial charge >= 0.3 is 0 Å². The lowest BCUT2D eigenvalue weighted by Gasteiger charge is -2.21. The first-order chi connectivity index (χ1) is 16.1. The lowest BCUT2D eigenvalue weighted by atomic mass is 10.2. The number of imidazole rings is 1. The van der Waals surface area contributed by atoms with Gasteiger partial charge in [-0.3, -0.25) is 0 Å². The van der Waals surface area contributed by atoms with Gasteiger partial charge in [-0.2, -0.15) is 4.98 Å². The van der Waals surface area contributed by atoms with Crippen molar-refractivity contribution in [2.45, 2.75) is 25.8 Å². The number of nitrogens with zero attached hydrogens (tertiary/aromatic N) is 5. The molecule has 172 valence electrons. The van der Waals surface area contributed by atoms with Crippen LogP contribution in [0.5, 0.6) is 17.2 Å². The van der Waals surface area contributed by atoms with Crippen molar-refractivity contribution in [2.75, 3.05) is 38.1 Å². The Labute approximate surface area is 196 Å². The van der Waals surface area contributed by atoms with Gasteiger partial charge in [0.15, 0.2) is 11.5 Å². The van der Waals surface area contributed by atoms with Crippen LogP contribution in [-0.4, -0.2) is 53.4 Å². The summed E-state index contributed by atoms with van der Waals surface area (Å²) >= 11 is 1.62. The van der Waals surface area contributed by atoms with Gasteiger partial charge < -0.3 is 29.0 Å². The van der Waals surface area contributed by atoms with E-state index < -0.39 is 0 Å². The molecule has 10 heteroatoms. The standard InChI is InChI=1S/C23H26N6O3S/c1-14-6-5-8-29(14)23-26-21(16-7-9-33-22(16)27-23)25-19-12-28(13-24-19)15-10-17(30-2)20(32-4)18(11-15)31-3/h7,9-14H,5-6,8H2,1-4H3,(H,25,26,27)/t14-/m1/s1. The predicted octanol–water partition coefficient (Wildman–Crippen LogP) is 4.64. The Kier molecular flexibility index (Phi) is 5.67. The highest BCUT2D eigenvalue weighted by Crippen LogP contribution is 2.39. The van der Waals surface area contributed by atoms with Gasteiger partial charge in [0.05, 0.1) is 38.6 Å². The number of rotatable bonds is 7. The molecule has 9 nitrogen and oxygen atoms in total. The molecule has 0 amide bonds. The lowest BCUT2D eigenvalue weighted by molar-refractivity contribution is 0.324. The molecule has 1 aromatic carbocycles. The molecular weight excluding hydrogens is 440 g/mol. The van der Waals surface area contributed by atoms with Crippen LogP contribution in [0.3, 0.4) is 0 Å². The zero-order chi connectivity index (χ0) is 22.9. The maximum atomic E-state index is 5.48. The highest BCUT2D eigenvalue weighted by Gasteiger charge is 2.24. The van der Waals surface area contributed by atoms with E-state index in [4.69, 9.17) is 24.2 Å². The minimum Gasteiger partial charge on any atom is -0.493 e. The van der Waals surface area contributed by atoms with Crippen LogP contribution in [0.2, 0.25) is 0 Å². The van der Waals surface area contributed by atoms with Gasteiger partial charge in [0, 0.05) is 24.7 Å². The molecule has 1 fully saturated rings. The highest BCUT2D eigenvalue weighted by atomic mass is 32.1. The quantitative estimate of drug-likeness (QED) is 0.422. The summed E-state index contributed by atoms with van der Waals surface area (Å²) in [6.45, 7) is 3.20. The smallest absolute Gasteiger partial charge is 0.228 e. The van der Waals surface area contributed by atoms with Crippen LogP contribution in [0.15, 0.2) is 36.1 Å². The SMILES string of the molecule is COc1cc(-n2cnc(Nc3nc(N4CCC[C@H]4C)nc4sccc34)c2)cc(OC)c1OC. The molecule has 0 aliphatic carbocycles. The fourth-order valence-electron chi connectivity index (χ4n) is 4.16. The van der Waals surface area contributed by atoms with Gasteiger partial charge in [0.25, 0.3) is 0 Å². The van der Waals surface area contributed by atoms with E-state index in [2.05, 4.69) is 22.1 Å². The Hall–Kier alpha value is -3.53.